The van der Waals surface area contributed by atoms with Crippen molar-refractivity contribution in [3.8, 4) is 5.75 Å². The van der Waals surface area contributed by atoms with Crippen molar-refractivity contribution in [3.63, 3.8) is 0 Å². The summed E-state index contributed by atoms with van der Waals surface area (Å²) in [5, 5.41) is 2.80. The number of aryl methyl sites for hydroxylation is 2. The molecular weight excluding hydrogens is 404 g/mol. The first-order valence-electron chi connectivity index (χ1n) is 10.1. The minimum atomic E-state index is -3.66. The third kappa shape index (κ3) is 5.38. The number of carbonyl (C=O) groups is 1. The predicted molar refractivity (Wildman–Crippen MR) is 115 cm³/mol. The number of hydrogen-bond donors (Lipinski definition) is 1. The van der Waals surface area contributed by atoms with E-state index in [0.29, 0.717) is 44.2 Å². The molecule has 1 fully saturated rings. The van der Waals surface area contributed by atoms with E-state index in [2.05, 4.69) is 24.4 Å². The molecule has 0 unspecified atom stereocenters. The van der Waals surface area contributed by atoms with Crippen LogP contribution >= 0.6 is 0 Å². The van der Waals surface area contributed by atoms with E-state index < -0.39 is 10.0 Å². The van der Waals surface area contributed by atoms with Gasteiger partial charge in [0, 0.05) is 19.5 Å². The summed E-state index contributed by atoms with van der Waals surface area (Å²) >= 11 is 0. The summed E-state index contributed by atoms with van der Waals surface area (Å²) in [6, 6.07) is 12.7. The number of methoxy groups -OCH3 is 1. The highest BCUT2D eigenvalue weighted by Crippen LogP contribution is 2.29. The van der Waals surface area contributed by atoms with Gasteiger partial charge in [-0.05, 0) is 42.2 Å². The summed E-state index contributed by atoms with van der Waals surface area (Å²) in [6.07, 6.45) is 1.86. The topological polar surface area (TPSA) is 84.9 Å². The largest absolute Gasteiger partial charge is 0.495 e. The maximum absolute atomic E-state index is 12.9. The first-order valence-corrected chi connectivity index (χ1v) is 11.5. The van der Waals surface area contributed by atoms with E-state index >= 15 is 0 Å². The number of sulfonamides is 1. The van der Waals surface area contributed by atoms with E-state index in [0.717, 1.165) is 12.0 Å². The lowest BCUT2D eigenvalue weighted by Crippen LogP contribution is -2.40. The molecule has 2 aromatic carbocycles. The van der Waals surface area contributed by atoms with Gasteiger partial charge in [0.15, 0.2) is 0 Å². The Morgan fingerprint density at radius 2 is 1.77 bits per heavy atom. The summed E-state index contributed by atoms with van der Waals surface area (Å²) in [4.78, 5) is 12.6. The zero-order chi connectivity index (χ0) is 21.6. The molecule has 2 aromatic rings. The van der Waals surface area contributed by atoms with Crippen molar-refractivity contribution in [1.82, 2.24) is 4.31 Å². The highest BCUT2D eigenvalue weighted by atomic mass is 32.2. The fraction of sp³-hybridized carbons (Fsp3) is 0.409. The smallest absolute Gasteiger partial charge is 0.243 e. The molecule has 1 heterocycles. The van der Waals surface area contributed by atoms with Gasteiger partial charge in [-0.15, -0.1) is 0 Å². The van der Waals surface area contributed by atoms with Crippen molar-refractivity contribution in [2.75, 3.05) is 38.7 Å². The van der Waals surface area contributed by atoms with Crippen LogP contribution in [0.25, 0.3) is 0 Å². The monoisotopic (exact) mass is 432 g/mol. The molecule has 0 saturated carbocycles. The molecule has 30 heavy (non-hydrogen) atoms. The number of ether oxygens (including phenoxy) is 2. The third-order valence-electron chi connectivity index (χ3n) is 5.12. The van der Waals surface area contributed by atoms with Crippen LogP contribution in [0.15, 0.2) is 47.4 Å². The summed E-state index contributed by atoms with van der Waals surface area (Å²) < 4.78 is 37.7. The van der Waals surface area contributed by atoms with Crippen molar-refractivity contribution in [2.24, 2.45) is 0 Å². The highest BCUT2D eigenvalue weighted by molar-refractivity contribution is 7.89. The normalized spacial score (nSPS) is 15.0. The van der Waals surface area contributed by atoms with Crippen molar-refractivity contribution >= 4 is 21.6 Å². The maximum atomic E-state index is 12.9. The number of rotatable bonds is 8. The molecule has 0 spiro atoms. The quantitative estimate of drug-likeness (QED) is 0.693. The number of nitrogens with zero attached hydrogens (tertiary/aromatic N) is 1. The van der Waals surface area contributed by atoms with Crippen molar-refractivity contribution in [1.29, 1.82) is 0 Å². The van der Waals surface area contributed by atoms with E-state index in [1.54, 1.807) is 6.07 Å². The van der Waals surface area contributed by atoms with Crippen LogP contribution < -0.4 is 10.1 Å². The van der Waals surface area contributed by atoms with Crippen LogP contribution in [0.3, 0.4) is 0 Å². The van der Waals surface area contributed by atoms with E-state index in [1.807, 2.05) is 12.1 Å². The SMILES string of the molecule is CCc1ccc(CCC(=O)Nc2cc(S(=O)(=O)N3CCOCC3)ccc2OC)cc1. The molecule has 1 N–H and O–H groups in total. The van der Waals surface area contributed by atoms with Gasteiger partial charge < -0.3 is 14.8 Å². The fourth-order valence-electron chi connectivity index (χ4n) is 3.29. The molecule has 0 atom stereocenters. The average Bonchev–Trinajstić information content (AvgIpc) is 2.78. The van der Waals surface area contributed by atoms with E-state index in [9.17, 15) is 13.2 Å². The van der Waals surface area contributed by atoms with Gasteiger partial charge in [0.05, 0.1) is 30.9 Å². The second-order valence-corrected chi connectivity index (χ2v) is 9.03. The van der Waals surface area contributed by atoms with Gasteiger partial charge in [0.25, 0.3) is 0 Å². The molecule has 3 rings (SSSR count). The van der Waals surface area contributed by atoms with Gasteiger partial charge >= 0.3 is 0 Å². The predicted octanol–water partition coefficient (Wildman–Crippen LogP) is 2.85. The first kappa shape index (κ1) is 22.3. The number of amides is 1. The summed E-state index contributed by atoms with van der Waals surface area (Å²) in [5.41, 5.74) is 2.68. The summed E-state index contributed by atoms with van der Waals surface area (Å²) in [6.45, 7) is 3.47. The van der Waals surface area contributed by atoms with Gasteiger partial charge in [-0.1, -0.05) is 31.2 Å². The molecule has 7 nitrogen and oxygen atoms in total. The van der Waals surface area contributed by atoms with Crippen molar-refractivity contribution in [2.45, 2.75) is 31.1 Å². The van der Waals surface area contributed by atoms with Crippen LogP contribution in [0.2, 0.25) is 0 Å². The number of nitrogens with one attached hydrogen (secondary N) is 1. The minimum Gasteiger partial charge on any atom is -0.495 e. The lowest BCUT2D eigenvalue weighted by molar-refractivity contribution is -0.116. The number of carbonyl (C=O) groups excluding carboxylic acids is 1. The standard InChI is InChI=1S/C22H28N2O5S/c1-3-17-4-6-18(7-5-17)8-11-22(25)23-20-16-19(9-10-21(20)28-2)30(26,27)24-12-14-29-15-13-24/h4-7,9-10,16H,3,8,11-15H2,1-2H3,(H,23,25). The first-order chi connectivity index (χ1) is 14.4. The van der Waals surface area contributed by atoms with Gasteiger partial charge in [-0.2, -0.15) is 4.31 Å². The van der Waals surface area contributed by atoms with Gasteiger partial charge in [-0.25, -0.2) is 8.42 Å². The zero-order valence-electron chi connectivity index (χ0n) is 17.4. The second kappa shape index (κ2) is 10.1. The zero-order valence-corrected chi connectivity index (χ0v) is 18.2. The molecule has 1 amide bonds. The van der Waals surface area contributed by atoms with Crippen LogP contribution in [0.1, 0.15) is 24.5 Å². The molecule has 0 radical (unpaired) electrons. The Morgan fingerprint density at radius 3 is 2.40 bits per heavy atom. The number of benzene rings is 2. The Morgan fingerprint density at radius 1 is 1.10 bits per heavy atom. The average molecular weight is 433 g/mol. The molecule has 1 aliphatic heterocycles. The van der Waals surface area contributed by atoms with Crippen LogP contribution in [0.4, 0.5) is 5.69 Å². The molecule has 0 bridgehead atoms. The third-order valence-corrected chi connectivity index (χ3v) is 7.02. The minimum absolute atomic E-state index is 0.121. The van der Waals surface area contributed by atoms with E-state index in [-0.39, 0.29) is 17.2 Å². The Hall–Kier alpha value is -2.42. The number of morpholine rings is 1. The van der Waals surface area contributed by atoms with Crippen LogP contribution in [0.5, 0.6) is 5.75 Å². The molecule has 0 aliphatic carbocycles. The van der Waals surface area contributed by atoms with Gasteiger partial charge in [-0.3, -0.25) is 4.79 Å². The van der Waals surface area contributed by atoms with Crippen LogP contribution in [0, 0.1) is 0 Å². The molecule has 1 aliphatic rings. The molecule has 162 valence electrons. The lowest BCUT2D eigenvalue weighted by Gasteiger charge is -2.26. The van der Waals surface area contributed by atoms with Crippen LogP contribution in [-0.4, -0.2) is 52.0 Å². The molecule has 0 aromatic heterocycles. The Labute approximate surface area is 178 Å². The molecular formula is C22H28N2O5S. The second-order valence-electron chi connectivity index (χ2n) is 7.10. The molecule has 8 heteroatoms. The fourth-order valence-corrected chi connectivity index (χ4v) is 4.73. The highest BCUT2D eigenvalue weighted by Gasteiger charge is 2.27. The van der Waals surface area contributed by atoms with E-state index in [4.69, 9.17) is 9.47 Å². The Balaban J connectivity index is 1.70. The number of anilines is 1. The van der Waals surface area contributed by atoms with E-state index in [1.165, 1.54) is 29.1 Å². The van der Waals surface area contributed by atoms with Crippen LogP contribution in [-0.2, 0) is 32.4 Å². The van der Waals surface area contributed by atoms with Gasteiger partial charge in [0.1, 0.15) is 5.75 Å². The number of hydrogen-bond acceptors (Lipinski definition) is 5. The van der Waals surface area contributed by atoms with Crippen molar-refractivity contribution < 1.29 is 22.7 Å². The summed E-state index contributed by atoms with van der Waals surface area (Å²) in [5.74, 6) is 0.213. The maximum Gasteiger partial charge on any atom is 0.243 e. The van der Waals surface area contributed by atoms with Gasteiger partial charge in [0.2, 0.25) is 15.9 Å². The molecule has 1 saturated heterocycles. The lowest BCUT2D eigenvalue weighted by atomic mass is 10.1. The Bertz CT molecular complexity index is 968. The Kier molecular flexibility index (Phi) is 7.47. The summed E-state index contributed by atoms with van der Waals surface area (Å²) in [7, 11) is -2.18. The van der Waals surface area contributed by atoms with Crippen molar-refractivity contribution in [3.05, 3.63) is 53.6 Å².